The van der Waals surface area contributed by atoms with Crippen LogP contribution >= 0.6 is 0 Å². The highest BCUT2D eigenvalue weighted by molar-refractivity contribution is 4.85. The molecule has 0 amide bonds. The minimum absolute atomic E-state index is 0.350. The molecule has 0 radical (unpaired) electrons. The van der Waals surface area contributed by atoms with Crippen LogP contribution in [0.3, 0.4) is 0 Å². The van der Waals surface area contributed by atoms with E-state index in [-0.39, 0.29) is 5.60 Å². The highest BCUT2D eigenvalue weighted by Crippen LogP contribution is 2.41. The molecule has 2 rings (SSSR count). The van der Waals surface area contributed by atoms with E-state index in [9.17, 15) is 5.11 Å². The first-order valence-electron chi connectivity index (χ1n) is 5.90. The van der Waals surface area contributed by atoms with Crippen molar-refractivity contribution in [1.29, 1.82) is 0 Å². The molecule has 1 nitrogen and oxygen atoms in total. The normalized spacial score (nSPS) is 46.6. The van der Waals surface area contributed by atoms with Gasteiger partial charge in [-0.2, -0.15) is 0 Å². The van der Waals surface area contributed by atoms with E-state index in [2.05, 4.69) is 0 Å². The highest BCUT2D eigenvalue weighted by Gasteiger charge is 2.33. The third kappa shape index (κ3) is 2.25. The van der Waals surface area contributed by atoms with Crippen molar-refractivity contribution < 1.29 is 5.11 Å². The zero-order chi connectivity index (χ0) is 9.31. The first-order chi connectivity index (χ1) is 6.17. The van der Waals surface area contributed by atoms with Crippen LogP contribution in [0.15, 0.2) is 0 Å². The summed E-state index contributed by atoms with van der Waals surface area (Å²) in [4.78, 5) is 0. The Bertz CT molecular complexity index is 156. The van der Waals surface area contributed by atoms with Crippen molar-refractivity contribution in [2.24, 2.45) is 11.8 Å². The molecule has 2 aliphatic carbocycles. The zero-order valence-electron chi connectivity index (χ0n) is 8.76. The van der Waals surface area contributed by atoms with Crippen molar-refractivity contribution in [3.05, 3.63) is 0 Å². The third-order valence-electron chi connectivity index (χ3n) is 4.17. The molecule has 0 aromatic rings. The Balaban J connectivity index is 1.99. The van der Waals surface area contributed by atoms with Gasteiger partial charge < -0.3 is 5.11 Å². The Labute approximate surface area is 81.5 Å². The van der Waals surface area contributed by atoms with Gasteiger partial charge in [0.05, 0.1) is 5.60 Å². The second kappa shape index (κ2) is 3.61. The molecule has 0 aromatic carbocycles. The molecule has 1 N–H and O–H groups in total. The predicted octanol–water partition coefficient (Wildman–Crippen LogP) is 3.12. The summed E-state index contributed by atoms with van der Waals surface area (Å²) in [6.45, 7) is 2.02. The Morgan fingerprint density at radius 1 is 0.923 bits per heavy atom. The molecule has 0 saturated heterocycles. The first kappa shape index (κ1) is 9.51. The molecular weight excluding hydrogens is 160 g/mol. The van der Waals surface area contributed by atoms with Gasteiger partial charge in [0.2, 0.25) is 0 Å². The van der Waals surface area contributed by atoms with Crippen molar-refractivity contribution >= 4 is 0 Å². The molecular formula is C12H22O. The number of hydrogen-bond donors (Lipinski definition) is 1. The molecule has 0 aliphatic heterocycles. The Kier molecular flexibility index (Phi) is 2.64. The highest BCUT2D eigenvalue weighted by atomic mass is 16.3. The molecule has 1 heteroatoms. The average Bonchev–Trinajstić information content (AvgIpc) is 2.27. The number of aliphatic hydroxyl groups is 1. The fraction of sp³-hybridized carbons (Fsp3) is 1.00. The molecule has 0 aromatic heterocycles. The van der Waals surface area contributed by atoms with Gasteiger partial charge in [-0.05, 0) is 44.4 Å². The van der Waals surface area contributed by atoms with E-state index >= 15 is 0 Å². The van der Waals surface area contributed by atoms with Crippen molar-refractivity contribution in [3.8, 4) is 0 Å². The summed E-state index contributed by atoms with van der Waals surface area (Å²) in [5.41, 5.74) is -0.350. The lowest BCUT2D eigenvalue weighted by molar-refractivity contribution is 0.0427. The molecule has 2 unspecified atom stereocenters. The van der Waals surface area contributed by atoms with E-state index in [1.807, 2.05) is 6.92 Å². The van der Waals surface area contributed by atoms with Crippen molar-refractivity contribution in [1.82, 2.24) is 0 Å². The fourth-order valence-corrected chi connectivity index (χ4v) is 3.16. The van der Waals surface area contributed by atoms with Crippen molar-refractivity contribution in [3.63, 3.8) is 0 Å². The van der Waals surface area contributed by atoms with Crippen molar-refractivity contribution in [2.75, 3.05) is 0 Å². The van der Waals surface area contributed by atoms with Crippen molar-refractivity contribution in [2.45, 2.75) is 63.9 Å². The SMILES string of the molecule is CC1(O)CCC2CCCCC2CC1. The van der Waals surface area contributed by atoms with Crippen LogP contribution in [0.1, 0.15) is 58.3 Å². The van der Waals surface area contributed by atoms with Gasteiger partial charge in [0.15, 0.2) is 0 Å². The molecule has 0 bridgehead atoms. The van der Waals surface area contributed by atoms with Gasteiger partial charge in [-0.25, -0.2) is 0 Å². The molecule has 13 heavy (non-hydrogen) atoms. The van der Waals surface area contributed by atoms with E-state index in [1.54, 1.807) is 0 Å². The number of fused-ring (bicyclic) bond motifs is 1. The molecule has 0 heterocycles. The van der Waals surface area contributed by atoms with Gasteiger partial charge in [-0.1, -0.05) is 25.7 Å². The Morgan fingerprint density at radius 3 is 1.85 bits per heavy atom. The maximum absolute atomic E-state index is 10.0. The van der Waals surface area contributed by atoms with Gasteiger partial charge in [0.25, 0.3) is 0 Å². The van der Waals surface area contributed by atoms with Crippen LogP contribution in [0, 0.1) is 11.8 Å². The summed E-state index contributed by atoms with van der Waals surface area (Å²) >= 11 is 0. The van der Waals surface area contributed by atoms with Crippen LogP contribution < -0.4 is 0 Å². The van der Waals surface area contributed by atoms with Crippen LogP contribution in [0.2, 0.25) is 0 Å². The van der Waals surface area contributed by atoms with Gasteiger partial charge in [0, 0.05) is 0 Å². The summed E-state index contributed by atoms with van der Waals surface area (Å²) in [7, 11) is 0. The minimum atomic E-state index is -0.350. The van der Waals surface area contributed by atoms with E-state index < -0.39 is 0 Å². The van der Waals surface area contributed by atoms with E-state index in [0.29, 0.717) is 0 Å². The molecule has 0 spiro atoms. The summed E-state index contributed by atoms with van der Waals surface area (Å²) in [5.74, 6) is 1.89. The number of hydrogen-bond acceptors (Lipinski definition) is 1. The lowest BCUT2D eigenvalue weighted by Crippen LogP contribution is -2.22. The fourth-order valence-electron chi connectivity index (χ4n) is 3.16. The van der Waals surface area contributed by atoms with Gasteiger partial charge in [-0.15, -0.1) is 0 Å². The molecule has 76 valence electrons. The topological polar surface area (TPSA) is 20.2 Å². The number of rotatable bonds is 0. The zero-order valence-corrected chi connectivity index (χ0v) is 8.76. The summed E-state index contributed by atoms with van der Waals surface area (Å²) < 4.78 is 0. The van der Waals surface area contributed by atoms with Gasteiger partial charge >= 0.3 is 0 Å². The summed E-state index contributed by atoms with van der Waals surface area (Å²) in [6, 6.07) is 0. The second-order valence-corrected chi connectivity index (χ2v) is 5.38. The van der Waals surface area contributed by atoms with Crippen LogP contribution in [-0.2, 0) is 0 Å². The lowest BCUT2D eigenvalue weighted by atomic mass is 9.77. The molecule has 2 atom stereocenters. The maximum Gasteiger partial charge on any atom is 0.0620 e. The monoisotopic (exact) mass is 182 g/mol. The predicted molar refractivity (Wildman–Crippen MR) is 54.5 cm³/mol. The standard InChI is InChI=1S/C12H22O/c1-12(13)8-6-10-4-2-3-5-11(10)7-9-12/h10-11,13H,2-9H2,1H3. The van der Waals surface area contributed by atoms with Crippen LogP contribution in [0.4, 0.5) is 0 Å². The van der Waals surface area contributed by atoms with Crippen LogP contribution in [-0.4, -0.2) is 10.7 Å². The second-order valence-electron chi connectivity index (χ2n) is 5.38. The first-order valence-corrected chi connectivity index (χ1v) is 5.90. The minimum Gasteiger partial charge on any atom is -0.390 e. The van der Waals surface area contributed by atoms with Crippen LogP contribution in [0.25, 0.3) is 0 Å². The van der Waals surface area contributed by atoms with Crippen LogP contribution in [0.5, 0.6) is 0 Å². The summed E-state index contributed by atoms with van der Waals surface area (Å²) in [6.07, 6.45) is 10.4. The lowest BCUT2D eigenvalue weighted by Gasteiger charge is -2.29. The Morgan fingerprint density at radius 2 is 1.38 bits per heavy atom. The largest absolute Gasteiger partial charge is 0.390 e. The van der Waals surface area contributed by atoms with E-state index in [4.69, 9.17) is 0 Å². The smallest absolute Gasteiger partial charge is 0.0620 e. The van der Waals surface area contributed by atoms with Gasteiger partial charge in [-0.3, -0.25) is 0 Å². The van der Waals surface area contributed by atoms with E-state index in [1.165, 1.54) is 38.5 Å². The third-order valence-corrected chi connectivity index (χ3v) is 4.17. The molecule has 2 aliphatic rings. The maximum atomic E-state index is 10.0. The average molecular weight is 182 g/mol. The Hall–Kier alpha value is -0.0400. The molecule has 2 saturated carbocycles. The van der Waals surface area contributed by atoms with E-state index in [0.717, 1.165) is 24.7 Å². The molecule has 2 fully saturated rings. The summed E-state index contributed by atoms with van der Waals surface area (Å²) in [5, 5.41) is 10.0. The quantitative estimate of drug-likeness (QED) is 0.610. The van der Waals surface area contributed by atoms with Gasteiger partial charge in [0.1, 0.15) is 0 Å².